The maximum atomic E-state index is 11.1. The van der Waals surface area contributed by atoms with Gasteiger partial charge in [0.15, 0.2) is 0 Å². The topological polar surface area (TPSA) is 175 Å². The average molecular weight is 490 g/mol. The molecule has 0 aliphatic carbocycles. The van der Waals surface area contributed by atoms with E-state index in [0.717, 1.165) is 68.6 Å². The SMILES string of the molecule is NC(CO)(CO)CO.O=C(O)C[C@H](CCCCCCc1ccc2c(n1)NCCC2)c1cncnc1. The second-order valence-corrected chi connectivity index (χ2v) is 9.10. The third-order valence-electron chi connectivity index (χ3n) is 6.10. The highest BCUT2D eigenvalue weighted by Crippen LogP contribution is 2.25. The van der Waals surface area contributed by atoms with Crippen LogP contribution in [-0.2, 0) is 17.6 Å². The fourth-order valence-electron chi connectivity index (χ4n) is 3.83. The number of pyridine rings is 1. The summed E-state index contributed by atoms with van der Waals surface area (Å²) < 4.78 is 0. The van der Waals surface area contributed by atoms with Crippen LogP contribution in [0.1, 0.15) is 67.7 Å². The number of aliphatic carboxylic acids is 1. The Morgan fingerprint density at radius 3 is 2.37 bits per heavy atom. The minimum atomic E-state index is -1.21. The van der Waals surface area contributed by atoms with Gasteiger partial charge in [-0.15, -0.1) is 0 Å². The van der Waals surface area contributed by atoms with Crippen LogP contribution in [0.15, 0.2) is 30.9 Å². The number of rotatable bonds is 13. The van der Waals surface area contributed by atoms with Crippen LogP contribution in [0.4, 0.5) is 5.82 Å². The molecule has 0 saturated heterocycles. The Labute approximate surface area is 206 Å². The van der Waals surface area contributed by atoms with Gasteiger partial charge in [-0.25, -0.2) is 15.0 Å². The molecule has 10 nitrogen and oxygen atoms in total. The van der Waals surface area contributed by atoms with E-state index in [-0.39, 0.29) is 12.3 Å². The summed E-state index contributed by atoms with van der Waals surface area (Å²) in [4.78, 5) is 23.9. The molecule has 0 unspecified atom stereocenters. The molecule has 3 heterocycles. The monoisotopic (exact) mass is 489 g/mol. The number of hydrogen-bond acceptors (Lipinski definition) is 9. The smallest absolute Gasteiger partial charge is 0.303 e. The Morgan fingerprint density at radius 1 is 1.06 bits per heavy atom. The summed E-state index contributed by atoms with van der Waals surface area (Å²) in [5, 5.41) is 37.6. The molecular formula is C25H39N5O5. The average Bonchev–Trinajstić information content (AvgIpc) is 2.90. The minimum Gasteiger partial charge on any atom is -0.481 e. The van der Waals surface area contributed by atoms with Gasteiger partial charge in [-0.05, 0) is 55.2 Å². The number of anilines is 1. The molecule has 194 valence electrons. The van der Waals surface area contributed by atoms with Crippen molar-refractivity contribution in [2.75, 3.05) is 31.7 Å². The first-order chi connectivity index (χ1) is 16.9. The fourth-order valence-corrected chi connectivity index (χ4v) is 3.83. The molecule has 2 aromatic heterocycles. The van der Waals surface area contributed by atoms with Crippen LogP contribution in [0.3, 0.4) is 0 Å². The molecule has 35 heavy (non-hydrogen) atoms. The van der Waals surface area contributed by atoms with Crippen molar-refractivity contribution in [3.8, 4) is 0 Å². The van der Waals surface area contributed by atoms with Gasteiger partial charge < -0.3 is 31.5 Å². The lowest BCUT2D eigenvalue weighted by molar-refractivity contribution is -0.137. The third kappa shape index (κ3) is 10.2. The Kier molecular flexibility index (Phi) is 12.5. The summed E-state index contributed by atoms with van der Waals surface area (Å²) in [6.07, 6.45) is 13.6. The van der Waals surface area contributed by atoms with Crippen LogP contribution in [0.5, 0.6) is 0 Å². The van der Waals surface area contributed by atoms with Gasteiger partial charge in [-0.1, -0.05) is 25.3 Å². The van der Waals surface area contributed by atoms with Gasteiger partial charge in [0.2, 0.25) is 0 Å². The molecule has 0 aromatic carbocycles. The maximum absolute atomic E-state index is 11.1. The van der Waals surface area contributed by atoms with Gasteiger partial charge in [0.05, 0.1) is 31.8 Å². The van der Waals surface area contributed by atoms with Gasteiger partial charge in [-0.2, -0.15) is 0 Å². The van der Waals surface area contributed by atoms with Crippen molar-refractivity contribution in [1.82, 2.24) is 15.0 Å². The molecule has 0 spiro atoms. The van der Waals surface area contributed by atoms with Gasteiger partial charge in [0.1, 0.15) is 12.1 Å². The van der Waals surface area contributed by atoms with Gasteiger partial charge in [0.25, 0.3) is 0 Å². The van der Waals surface area contributed by atoms with Gasteiger partial charge >= 0.3 is 5.97 Å². The lowest BCUT2D eigenvalue weighted by Crippen LogP contribution is -2.50. The molecule has 1 aliphatic heterocycles. The second kappa shape index (κ2) is 15.4. The number of nitrogens with one attached hydrogen (secondary N) is 1. The standard InChI is InChI=1S/C21H28N4O2.C4H11NO3/c26-20(27)12-17(18-13-22-15-23-14-18)6-3-1-2-4-8-19-10-9-16-7-5-11-24-21(16)25-19;5-4(1-6,2-7)3-8/h9-10,13-15,17H,1-8,11-12H2,(H,24,25)(H,26,27);6-8H,1-3,5H2/t17-;/m0./s1. The Bertz CT molecular complexity index is 872. The number of carboxylic acids is 1. The molecular weight excluding hydrogens is 450 g/mol. The zero-order valence-electron chi connectivity index (χ0n) is 20.3. The lowest BCUT2D eigenvalue weighted by atomic mass is 9.92. The van der Waals surface area contributed by atoms with Crippen molar-refractivity contribution in [1.29, 1.82) is 0 Å². The van der Waals surface area contributed by atoms with E-state index in [2.05, 4.69) is 27.4 Å². The predicted molar refractivity (Wildman–Crippen MR) is 133 cm³/mol. The number of aryl methyl sites for hydroxylation is 2. The molecule has 2 aromatic rings. The van der Waals surface area contributed by atoms with Crippen LogP contribution in [0.2, 0.25) is 0 Å². The first-order valence-corrected chi connectivity index (χ1v) is 12.2. The minimum absolute atomic E-state index is 0.00270. The number of hydrogen-bond donors (Lipinski definition) is 6. The van der Waals surface area contributed by atoms with Gasteiger partial charge in [-0.3, -0.25) is 4.79 Å². The second-order valence-electron chi connectivity index (χ2n) is 9.10. The fraction of sp³-hybridized carbons (Fsp3) is 0.600. The molecule has 0 fully saturated rings. The summed E-state index contributed by atoms with van der Waals surface area (Å²) >= 11 is 0. The van der Waals surface area contributed by atoms with Crippen molar-refractivity contribution < 1.29 is 25.2 Å². The normalized spacial score (nSPS) is 13.7. The third-order valence-corrected chi connectivity index (χ3v) is 6.10. The molecule has 0 radical (unpaired) electrons. The quantitative estimate of drug-likeness (QED) is 0.227. The first kappa shape index (κ1) is 28.6. The molecule has 1 atom stereocenters. The molecule has 3 rings (SSSR count). The van der Waals surface area contributed by atoms with Crippen LogP contribution in [-0.4, -0.2) is 73.3 Å². The number of aliphatic hydroxyl groups is 3. The van der Waals surface area contributed by atoms with Crippen molar-refractivity contribution >= 4 is 11.8 Å². The molecule has 10 heteroatoms. The van der Waals surface area contributed by atoms with Crippen molar-refractivity contribution in [3.05, 3.63) is 47.7 Å². The first-order valence-electron chi connectivity index (χ1n) is 12.2. The number of aromatic nitrogens is 3. The summed E-state index contributed by atoms with van der Waals surface area (Å²) in [5.74, 6) is 0.299. The number of carbonyl (C=O) groups is 1. The van der Waals surface area contributed by atoms with E-state index in [1.807, 2.05) is 0 Å². The van der Waals surface area contributed by atoms with Crippen molar-refractivity contribution in [2.45, 2.75) is 69.2 Å². The van der Waals surface area contributed by atoms with Crippen LogP contribution >= 0.6 is 0 Å². The Hall–Kier alpha value is -2.66. The van der Waals surface area contributed by atoms with E-state index in [1.54, 1.807) is 12.4 Å². The number of nitrogens with two attached hydrogens (primary N) is 1. The van der Waals surface area contributed by atoms with E-state index < -0.39 is 31.3 Å². The zero-order valence-corrected chi connectivity index (χ0v) is 20.3. The van der Waals surface area contributed by atoms with E-state index in [9.17, 15) is 4.79 Å². The highest BCUT2D eigenvalue weighted by Gasteiger charge is 2.20. The number of fused-ring (bicyclic) bond motifs is 1. The van der Waals surface area contributed by atoms with E-state index in [4.69, 9.17) is 31.1 Å². The van der Waals surface area contributed by atoms with E-state index in [1.165, 1.54) is 18.3 Å². The predicted octanol–water partition coefficient (Wildman–Crippen LogP) is 1.64. The van der Waals surface area contributed by atoms with E-state index in [0.29, 0.717) is 0 Å². The number of nitrogens with zero attached hydrogens (tertiary/aromatic N) is 3. The highest BCUT2D eigenvalue weighted by atomic mass is 16.4. The Balaban J connectivity index is 0.000000466. The summed E-state index contributed by atoms with van der Waals surface area (Å²) in [7, 11) is 0. The van der Waals surface area contributed by atoms with Crippen LogP contribution in [0, 0.1) is 0 Å². The highest BCUT2D eigenvalue weighted by molar-refractivity contribution is 5.68. The summed E-state index contributed by atoms with van der Waals surface area (Å²) in [5.41, 5.74) is 7.35. The summed E-state index contributed by atoms with van der Waals surface area (Å²) in [6, 6.07) is 4.37. The summed E-state index contributed by atoms with van der Waals surface area (Å²) in [6.45, 7) is -0.187. The van der Waals surface area contributed by atoms with Gasteiger partial charge in [0, 0.05) is 24.6 Å². The molecule has 0 saturated carbocycles. The Morgan fingerprint density at radius 2 is 1.74 bits per heavy atom. The zero-order chi connectivity index (χ0) is 25.5. The number of carboxylic acid groups (broad SMARTS) is 1. The molecule has 1 aliphatic rings. The van der Waals surface area contributed by atoms with E-state index >= 15 is 0 Å². The molecule has 0 amide bonds. The number of aliphatic hydroxyl groups excluding tert-OH is 3. The molecule has 0 bridgehead atoms. The largest absolute Gasteiger partial charge is 0.481 e. The number of unbranched alkanes of at least 4 members (excludes halogenated alkanes) is 3. The molecule has 7 N–H and O–H groups in total. The maximum Gasteiger partial charge on any atom is 0.303 e. The van der Waals surface area contributed by atoms with Crippen molar-refractivity contribution in [2.24, 2.45) is 5.73 Å². The lowest BCUT2D eigenvalue weighted by Gasteiger charge is -2.20. The van der Waals surface area contributed by atoms with Crippen LogP contribution in [0.25, 0.3) is 0 Å². The van der Waals surface area contributed by atoms with Crippen LogP contribution < -0.4 is 11.1 Å². The van der Waals surface area contributed by atoms with Crippen molar-refractivity contribution in [3.63, 3.8) is 0 Å².